The Kier molecular flexibility index (Phi) is 5.90. The summed E-state index contributed by atoms with van der Waals surface area (Å²) in [7, 11) is 0. The number of nitrogens with one attached hydrogen (secondary N) is 3. The van der Waals surface area contributed by atoms with Gasteiger partial charge in [-0.2, -0.15) is 0 Å². The first-order chi connectivity index (χ1) is 14.8. The maximum Gasteiger partial charge on any atom is 0.339 e. The van der Waals surface area contributed by atoms with Crippen molar-refractivity contribution < 1.29 is 19.5 Å². The van der Waals surface area contributed by atoms with Gasteiger partial charge in [-0.1, -0.05) is 41.6 Å². The third-order valence-corrected chi connectivity index (χ3v) is 6.87. The van der Waals surface area contributed by atoms with Gasteiger partial charge in [-0.15, -0.1) is 11.3 Å². The minimum Gasteiger partial charge on any atom is -0.478 e. The summed E-state index contributed by atoms with van der Waals surface area (Å²) >= 11 is 8.32. The number of carboxylic acids is 1. The summed E-state index contributed by atoms with van der Waals surface area (Å²) in [6.07, 6.45) is 0. The lowest BCUT2D eigenvalue weighted by Gasteiger charge is -2.11. The molecule has 0 radical (unpaired) electrons. The SMILES string of the molecule is CC(=O)Nc1cccc2c1SC(C(=O)Nc1scc(-c3ccc(Cl)cc3)c1C(=O)O)N2. The van der Waals surface area contributed by atoms with Crippen molar-refractivity contribution in [3.05, 3.63) is 58.4 Å². The molecule has 1 aliphatic heterocycles. The number of halogens is 1. The number of thioether (sulfide) groups is 1. The van der Waals surface area contributed by atoms with Crippen molar-refractivity contribution >= 4 is 68.9 Å². The van der Waals surface area contributed by atoms with Gasteiger partial charge >= 0.3 is 5.97 Å². The van der Waals surface area contributed by atoms with E-state index < -0.39 is 11.3 Å². The second-order valence-electron chi connectivity index (χ2n) is 6.66. The number of benzene rings is 2. The Morgan fingerprint density at radius 2 is 1.84 bits per heavy atom. The molecule has 3 aromatic rings. The molecule has 1 unspecified atom stereocenters. The molecule has 1 aliphatic rings. The van der Waals surface area contributed by atoms with Gasteiger partial charge < -0.3 is 21.1 Å². The molecule has 1 atom stereocenters. The third-order valence-electron chi connectivity index (χ3n) is 4.48. The number of hydrogen-bond donors (Lipinski definition) is 4. The highest BCUT2D eigenvalue weighted by molar-refractivity contribution is 8.01. The van der Waals surface area contributed by atoms with Crippen LogP contribution >= 0.6 is 34.7 Å². The lowest BCUT2D eigenvalue weighted by molar-refractivity contribution is -0.115. The Labute approximate surface area is 190 Å². The number of hydrogen-bond acceptors (Lipinski definition) is 6. The summed E-state index contributed by atoms with van der Waals surface area (Å²) in [5.41, 5.74) is 2.57. The van der Waals surface area contributed by atoms with Crippen molar-refractivity contribution in [2.24, 2.45) is 0 Å². The first-order valence-electron chi connectivity index (χ1n) is 9.09. The molecule has 4 N–H and O–H groups in total. The molecule has 0 fully saturated rings. The van der Waals surface area contributed by atoms with Gasteiger partial charge in [0, 0.05) is 22.9 Å². The van der Waals surface area contributed by atoms with E-state index in [0.717, 1.165) is 21.9 Å². The number of carbonyl (C=O) groups is 3. The first kappa shape index (κ1) is 21.2. The lowest BCUT2D eigenvalue weighted by Crippen LogP contribution is -2.29. The fourth-order valence-corrected chi connectivity index (χ4v) is 5.33. The molecular formula is C21H16ClN3O4S2. The number of aromatic carboxylic acids is 1. The van der Waals surface area contributed by atoms with Gasteiger partial charge in [-0.05, 0) is 29.8 Å². The Morgan fingerprint density at radius 3 is 2.52 bits per heavy atom. The quantitative estimate of drug-likeness (QED) is 0.405. The van der Waals surface area contributed by atoms with Crippen LogP contribution in [-0.2, 0) is 9.59 Å². The summed E-state index contributed by atoms with van der Waals surface area (Å²) in [5, 5.41) is 20.2. The molecule has 0 spiro atoms. The highest BCUT2D eigenvalue weighted by atomic mass is 35.5. The van der Waals surface area contributed by atoms with E-state index in [-0.39, 0.29) is 22.4 Å². The van der Waals surface area contributed by atoms with Crippen molar-refractivity contribution in [3.8, 4) is 11.1 Å². The van der Waals surface area contributed by atoms with Crippen molar-refractivity contribution in [3.63, 3.8) is 0 Å². The van der Waals surface area contributed by atoms with Gasteiger partial charge in [0.15, 0.2) is 5.37 Å². The van der Waals surface area contributed by atoms with Crippen LogP contribution in [0.3, 0.4) is 0 Å². The van der Waals surface area contributed by atoms with Gasteiger partial charge in [0.25, 0.3) is 5.91 Å². The molecule has 0 saturated heterocycles. The molecule has 0 bridgehead atoms. The molecular weight excluding hydrogens is 458 g/mol. The van der Waals surface area contributed by atoms with Gasteiger partial charge in [0.05, 0.1) is 16.3 Å². The first-order valence-corrected chi connectivity index (χ1v) is 11.2. The average Bonchev–Trinajstić information content (AvgIpc) is 3.33. The molecule has 7 nitrogen and oxygen atoms in total. The van der Waals surface area contributed by atoms with E-state index in [4.69, 9.17) is 11.6 Å². The predicted molar refractivity (Wildman–Crippen MR) is 124 cm³/mol. The predicted octanol–water partition coefficient (Wildman–Crippen LogP) is 5.21. The smallest absolute Gasteiger partial charge is 0.339 e. The zero-order chi connectivity index (χ0) is 22.1. The molecule has 158 valence electrons. The highest BCUT2D eigenvalue weighted by Gasteiger charge is 2.31. The van der Waals surface area contributed by atoms with E-state index >= 15 is 0 Å². The van der Waals surface area contributed by atoms with Crippen LogP contribution in [0.15, 0.2) is 52.7 Å². The molecule has 4 rings (SSSR count). The third kappa shape index (κ3) is 4.39. The number of fused-ring (bicyclic) bond motifs is 1. The number of carbonyl (C=O) groups excluding carboxylic acids is 2. The van der Waals surface area contributed by atoms with Crippen molar-refractivity contribution in [2.75, 3.05) is 16.0 Å². The summed E-state index contributed by atoms with van der Waals surface area (Å²) < 4.78 is 0. The Bertz CT molecular complexity index is 1190. The second-order valence-corrected chi connectivity index (χ2v) is 9.09. The Balaban J connectivity index is 1.56. The molecule has 31 heavy (non-hydrogen) atoms. The van der Waals surface area contributed by atoms with Crippen molar-refractivity contribution in [2.45, 2.75) is 17.2 Å². The van der Waals surface area contributed by atoms with E-state index in [1.165, 1.54) is 18.7 Å². The minimum atomic E-state index is -1.13. The molecule has 0 saturated carbocycles. The van der Waals surface area contributed by atoms with Crippen LogP contribution in [0.2, 0.25) is 5.02 Å². The van der Waals surface area contributed by atoms with Crippen LogP contribution < -0.4 is 16.0 Å². The van der Waals surface area contributed by atoms with Gasteiger partial charge in [-0.3, -0.25) is 9.59 Å². The molecule has 2 heterocycles. The topological polar surface area (TPSA) is 108 Å². The zero-order valence-corrected chi connectivity index (χ0v) is 18.5. The summed E-state index contributed by atoms with van der Waals surface area (Å²) in [5.74, 6) is -1.73. The van der Waals surface area contributed by atoms with Gasteiger partial charge in [-0.25, -0.2) is 4.79 Å². The van der Waals surface area contributed by atoms with E-state index in [2.05, 4.69) is 16.0 Å². The summed E-state index contributed by atoms with van der Waals surface area (Å²) in [6, 6.07) is 12.2. The van der Waals surface area contributed by atoms with Crippen molar-refractivity contribution in [1.29, 1.82) is 0 Å². The van der Waals surface area contributed by atoms with Crippen molar-refractivity contribution in [1.82, 2.24) is 0 Å². The largest absolute Gasteiger partial charge is 0.478 e. The number of anilines is 3. The van der Waals surface area contributed by atoms with Crippen LogP contribution in [-0.4, -0.2) is 28.3 Å². The number of thiophene rings is 1. The standard InChI is InChI=1S/C21H16ClN3O4S2/c1-10(26)23-14-3-2-4-15-17(14)31-20(24-15)18(27)25-19-16(21(28)29)13(9-30-19)11-5-7-12(22)8-6-11/h2-9,20,24H,1H3,(H,23,26)(H,25,27)(H,28,29). The number of amides is 2. The summed E-state index contributed by atoms with van der Waals surface area (Å²) in [6.45, 7) is 1.42. The number of rotatable bonds is 5. The van der Waals surface area contributed by atoms with E-state index in [0.29, 0.717) is 21.8 Å². The van der Waals surface area contributed by atoms with Crippen LogP contribution in [0.1, 0.15) is 17.3 Å². The summed E-state index contributed by atoms with van der Waals surface area (Å²) in [4.78, 5) is 37.0. The van der Waals surface area contributed by atoms with E-state index in [1.807, 2.05) is 6.07 Å². The minimum absolute atomic E-state index is 0.0279. The Hall–Kier alpha value is -3.01. The fraction of sp³-hybridized carbons (Fsp3) is 0.0952. The zero-order valence-electron chi connectivity index (χ0n) is 16.1. The number of carboxylic acid groups (broad SMARTS) is 1. The molecule has 2 aromatic carbocycles. The lowest BCUT2D eigenvalue weighted by atomic mass is 10.0. The maximum atomic E-state index is 12.9. The van der Waals surface area contributed by atoms with Gasteiger partial charge in [0.2, 0.25) is 5.91 Å². The molecule has 2 amide bonds. The van der Waals surface area contributed by atoms with E-state index in [9.17, 15) is 19.5 Å². The maximum absolute atomic E-state index is 12.9. The van der Waals surface area contributed by atoms with Crippen LogP contribution in [0.25, 0.3) is 11.1 Å². The molecule has 0 aliphatic carbocycles. The van der Waals surface area contributed by atoms with Crippen LogP contribution in [0.5, 0.6) is 0 Å². The average molecular weight is 474 g/mol. The van der Waals surface area contributed by atoms with E-state index in [1.54, 1.807) is 41.8 Å². The van der Waals surface area contributed by atoms with Crippen LogP contribution in [0.4, 0.5) is 16.4 Å². The Morgan fingerprint density at radius 1 is 1.10 bits per heavy atom. The van der Waals surface area contributed by atoms with Gasteiger partial charge in [0.1, 0.15) is 10.6 Å². The molecule has 10 heteroatoms. The van der Waals surface area contributed by atoms with Crippen LogP contribution in [0, 0.1) is 0 Å². The second kappa shape index (κ2) is 8.62. The highest BCUT2D eigenvalue weighted by Crippen LogP contribution is 2.44. The normalized spacial score (nSPS) is 14.5. The monoisotopic (exact) mass is 473 g/mol. The molecule has 1 aromatic heterocycles. The fourth-order valence-electron chi connectivity index (χ4n) is 3.15.